The first kappa shape index (κ1) is 12.5. The molecule has 0 saturated heterocycles. The molecule has 1 aromatic heterocycles. The average molecular weight is 254 g/mol. The molecule has 5 heteroatoms. The van der Waals surface area contributed by atoms with Crippen LogP contribution in [-0.4, -0.2) is 22.6 Å². The Labute approximate surface area is 105 Å². The maximum Gasteiger partial charge on any atom is 0.306 e. The second-order valence-corrected chi connectivity index (χ2v) is 5.57. The van der Waals surface area contributed by atoms with Gasteiger partial charge in [0.2, 0.25) is 0 Å². The summed E-state index contributed by atoms with van der Waals surface area (Å²) in [5.41, 5.74) is 2.92. The summed E-state index contributed by atoms with van der Waals surface area (Å²) in [4.78, 5) is 16.5. The molecule has 2 rings (SSSR count). The standard InChI is InChI=1S/C12H18N2O2S/c1-8-11(17-7-14-8)6-13-5-9-3-2-4-10(9)12(15)16/h7,9-10,13H,2-6H2,1H3,(H,15,16). The fourth-order valence-electron chi connectivity index (χ4n) is 2.47. The van der Waals surface area contributed by atoms with Crippen molar-refractivity contribution in [2.24, 2.45) is 11.8 Å². The van der Waals surface area contributed by atoms with Crippen LogP contribution in [0.2, 0.25) is 0 Å². The number of aromatic nitrogens is 1. The summed E-state index contributed by atoms with van der Waals surface area (Å²) in [6.07, 6.45) is 2.91. The topological polar surface area (TPSA) is 62.2 Å². The van der Waals surface area contributed by atoms with E-state index in [1.807, 2.05) is 12.4 Å². The largest absolute Gasteiger partial charge is 0.481 e. The van der Waals surface area contributed by atoms with Crippen molar-refractivity contribution in [3.63, 3.8) is 0 Å². The number of rotatable bonds is 5. The van der Waals surface area contributed by atoms with Gasteiger partial charge in [-0.1, -0.05) is 6.42 Å². The van der Waals surface area contributed by atoms with E-state index in [2.05, 4.69) is 10.3 Å². The molecule has 4 nitrogen and oxygen atoms in total. The lowest BCUT2D eigenvalue weighted by Gasteiger charge is -2.16. The van der Waals surface area contributed by atoms with Crippen LogP contribution in [0.15, 0.2) is 5.51 Å². The molecular weight excluding hydrogens is 236 g/mol. The molecule has 0 amide bonds. The number of nitrogens with zero attached hydrogens (tertiary/aromatic N) is 1. The highest BCUT2D eigenvalue weighted by molar-refractivity contribution is 7.09. The third kappa shape index (κ3) is 3.04. The first-order chi connectivity index (χ1) is 8.18. The molecule has 0 radical (unpaired) electrons. The van der Waals surface area contributed by atoms with E-state index in [1.54, 1.807) is 11.3 Å². The quantitative estimate of drug-likeness (QED) is 0.844. The molecule has 2 N–H and O–H groups in total. The Morgan fingerprint density at radius 1 is 1.65 bits per heavy atom. The molecule has 0 aromatic carbocycles. The van der Waals surface area contributed by atoms with E-state index >= 15 is 0 Å². The number of nitrogens with one attached hydrogen (secondary N) is 1. The van der Waals surface area contributed by atoms with Gasteiger partial charge in [-0.15, -0.1) is 11.3 Å². The molecule has 17 heavy (non-hydrogen) atoms. The van der Waals surface area contributed by atoms with Gasteiger partial charge in [-0.25, -0.2) is 4.98 Å². The van der Waals surface area contributed by atoms with E-state index in [0.717, 1.165) is 38.0 Å². The number of thiazole rings is 1. The second-order valence-electron chi connectivity index (χ2n) is 4.63. The lowest BCUT2D eigenvalue weighted by molar-refractivity contribution is -0.142. The number of carboxylic acids is 1. The first-order valence-corrected chi connectivity index (χ1v) is 6.89. The molecule has 1 fully saturated rings. The molecule has 0 aliphatic heterocycles. The SMILES string of the molecule is Cc1ncsc1CNCC1CCCC1C(=O)O. The zero-order valence-electron chi connectivity index (χ0n) is 9.98. The summed E-state index contributed by atoms with van der Waals surface area (Å²) in [6.45, 7) is 3.61. The number of hydrogen-bond acceptors (Lipinski definition) is 4. The molecule has 0 spiro atoms. The van der Waals surface area contributed by atoms with Gasteiger partial charge < -0.3 is 10.4 Å². The van der Waals surface area contributed by atoms with Crippen molar-refractivity contribution in [3.05, 3.63) is 16.1 Å². The van der Waals surface area contributed by atoms with Gasteiger partial charge in [-0.05, 0) is 32.2 Å². The number of hydrogen-bond donors (Lipinski definition) is 2. The molecule has 2 unspecified atom stereocenters. The van der Waals surface area contributed by atoms with E-state index in [0.29, 0.717) is 5.92 Å². The highest BCUT2D eigenvalue weighted by Gasteiger charge is 2.32. The van der Waals surface area contributed by atoms with Crippen LogP contribution in [0.4, 0.5) is 0 Å². The van der Waals surface area contributed by atoms with Crippen LogP contribution in [0.25, 0.3) is 0 Å². The van der Waals surface area contributed by atoms with Gasteiger partial charge >= 0.3 is 5.97 Å². The Morgan fingerprint density at radius 2 is 2.47 bits per heavy atom. The van der Waals surface area contributed by atoms with Crippen molar-refractivity contribution in [1.29, 1.82) is 0 Å². The van der Waals surface area contributed by atoms with Crippen LogP contribution < -0.4 is 5.32 Å². The van der Waals surface area contributed by atoms with Crippen LogP contribution in [0.5, 0.6) is 0 Å². The van der Waals surface area contributed by atoms with E-state index in [9.17, 15) is 4.79 Å². The van der Waals surface area contributed by atoms with Crippen molar-refractivity contribution in [1.82, 2.24) is 10.3 Å². The van der Waals surface area contributed by atoms with Crippen LogP contribution >= 0.6 is 11.3 Å². The number of carbonyl (C=O) groups is 1. The summed E-state index contributed by atoms with van der Waals surface area (Å²) < 4.78 is 0. The van der Waals surface area contributed by atoms with E-state index < -0.39 is 5.97 Å². The van der Waals surface area contributed by atoms with E-state index in [-0.39, 0.29) is 5.92 Å². The van der Waals surface area contributed by atoms with Crippen molar-refractivity contribution < 1.29 is 9.90 Å². The summed E-state index contributed by atoms with van der Waals surface area (Å²) >= 11 is 1.65. The van der Waals surface area contributed by atoms with Gasteiger partial charge in [-0.2, -0.15) is 0 Å². The van der Waals surface area contributed by atoms with Gasteiger partial charge in [0.05, 0.1) is 17.1 Å². The highest BCUT2D eigenvalue weighted by atomic mass is 32.1. The lowest BCUT2D eigenvalue weighted by atomic mass is 9.96. The fourth-order valence-corrected chi connectivity index (χ4v) is 3.22. The molecule has 1 saturated carbocycles. The summed E-state index contributed by atoms with van der Waals surface area (Å²) in [5.74, 6) is -0.492. The van der Waals surface area contributed by atoms with Crippen LogP contribution in [-0.2, 0) is 11.3 Å². The maximum atomic E-state index is 11.0. The predicted octanol–water partition coefficient (Wildman–Crippen LogP) is 2.04. The minimum Gasteiger partial charge on any atom is -0.481 e. The highest BCUT2D eigenvalue weighted by Crippen LogP contribution is 2.31. The Bertz CT molecular complexity index is 392. The molecule has 1 aromatic rings. The monoisotopic (exact) mass is 254 g/mol. The summed E-state index contributed by atoms with van der Waals surface area (Å²) in [7, 11) is 0. The van der Waals surface area contributed by atoms with Gasteiger partial charge in [-0.3, -0.25) is 4.79 Å². The van der Waals surface area contributed by atoms with Crippen LogP contribution in [0.3, 0.4) is 0 Å². The lowest BCUT2D eigenvalue weighted by Crippen LogP contribution is -2.28. The second kappa shape index (κ2) is 5.60. The van der Waals surface area contributed by atoms with Gasteiger partial charge in [0.25, 0.3) is 0 Å². The Balaban J connectivity index is 1.79. The average Bonchev–Trinajstić information content (AvgIpc) is 2.88. The zero-order chi connectivity index (χ0) is 12.3. The minimum absolute atomic E-state index is 0.148. The van der Waals surface area contributed by atoms with Crippen LogP contribution in [0, 0.1) is 18.8 Å². The van der Waals surface area contributed by atoms with Crippen molar-refractivity contribution in [3.8, 4) is 0 Å². The molecular formula is C12H18N2O2S. The van der Waals surface area contributed by atoms with Gasteiger partial charge in [0.1, 0.15) is 0 Å². The zero-order valence-corrected chi connectivity index (χ0v) is 10.8. The Hall–Kier alpha value is -0.940. The molecule has 0 bridgehead atoms. The van der Waals surface area contributed by atoms with E-state index in [1.165, 1.54) is 4.88 Å². The minimum atomic E-state index is -0.636. The summed E-state index contributed by atoms with van der Waals surface area (Å²) in [6, 6.07) is 0. The Kier molecular flexibility index (Phi) is 4.12. The third-order valence-corrected chi connectivity index (χ3v) is 4.45. The molecule has 94 valence electrons. The summed E-state index contributed by atoms with van der Waals surface area (Å²) in [5, 5.41) is 12.4. The van der Waals surface area contributed by atoms with Crippen LogP contribution in [0.1, 0.15) is 29.8 Å². The molecule has 1 aliphatic rings. The van der Waals surface area contributed by atoms with Gasteiger partial charge in [0, 0.05) is 11.4 Å². The van der Waals surface area contributed by atoms with Gasteiger partial charge in [0.15, 0.2) is 0 Å². The van der Waals surface area contributed by atoms with Crippen molar-refractivity contribution >= 4 is 17.3 Å². The smallest absolute Gasteiger partial charge is 0.306 e. The van der Waals surface area contributed by atoms with E-state index in [4.69, 9.17) is 5.11 Å². The number of aliphatic carboxylic acids is 1. The molecule has 2 atom stereocenters. The number of carboxylic acid groups (broad SMARTS) is 1. The third-order valence-electron chi connectivity index (χ3n) is 3.51. The normalized spacial score (nSPS) is 24.1. The maximum absolute atomic E-state index is 11.0. The van der Waals surface area contributed by atoms with Crippen molar-refractivity contribution in [2.45, 2.75) is 32.7 Å². The first-order valence-electron chi connectivity index (χ1n) is 6.01. The predicted molar refractivity (Wildman–Crippen MR) is 67.0 cm³/mol. The molecule has 1 heterocycles. The molecule has 1 aliphatic carbocycles. The number of aryl methyl sites for hydroxylation is 1. The fraction of sp³-hybridized carbons (Fsp3) is 0.667. The van der Waals surface area contributed by atoms with Crippen molar-refractivity contribution in [2.75, 3.05) is 6.54 Å². The Morgan fingerprint density at radius 3 is 3.12 bits per heavy atom.